The van der Waals surface area contributed by atoms with Crippen molar-refractivity contribution in [2.45, 2.75) is 115 Å². The number of rotatable bonds is 17. The molecule has 0 amide bonds. The summed E-state index contributed by atoms with van der Waals surface area (Å²) in [6.07, 6.45) is 17.8. The fraction of sp³-hybridized carbons (Fsp3) is 0.870. The van der Waals surface area contributed by atoms with Crippen molar-refractivity contribution in [2.75, 3.05) is 13.2 Å². The lowest BCUT2D eigenvalue weighted by molar-refractivity contribution is -0.151. The van der Waals surface area contributed by atoms with Gasteiger partial charge in [-0.15, -0.1) is 0 Å². The van der Waals surface area contributed by atoms with Gasteiger partial charge >= 0.3 is 5.97 Å². The van der Waals surface area contributed by atoms with Gasteiger partial charge in [0, 0.05) is 13.0 Å². The summed E-state index contributed by atoms with van der Waals surface area (Å²) in [6.45, 7) is 2.58. The highest BCUT2D eigenvalue weighted by molar-refractivity contribution is 5.69. The summed E-state index contributed by atoms with van der Waals surface area (Å²) in [6, 6.07) is 0. The Labute approximate surface area is 171 Å². The van der Waals surface area contributed by atoms with Crippen LogP contribution in [0.5, 0.6) is 0 Å². The van der Waals surface area contributed by atoms with Crippen molar-refractivity contribution in [2.24, 2.45) is 0 Å². The predicted molar refractivity (Wildman–Crippen MR) is 112 cm³/mol. The van der Waals surface area contributed by atoms with Crippen LogP contribution >= 0.6 is 0 Å². The maximum absolute atomic E-state index is 11.7. The van der Waals surface area contributed by atoms with Crippen LogP contribution in [0.3, 0.4) is 0 Å². The largest absolute Gasteiger partial charge is 0.463 e. The molecule has 3 atom stereocenters. The topological polar surface area (TPSA) is 76.0 Å². The van der Waals surface area contributed by atoms with Crippen molar-refractivity contribution in [3.8, 4) is 0 Å². The monoisotopic (exact) mass is 398 g/mol. The van der Waals surface area contributed by atoms with E-state index in [2.05, 4.69) is 19.1 Å². The number of carbonyl (C=O) groups excluding carboxylic acids is 1. The van der Waals surface area contributed by atoms with E-state index in [0.29, 0.717) is 19.4 Å². The average Bonchev–Trinajstić information content (AvgIpc) is 3.12. The molecule has 164 valence electrons. The second-order valence-corrected chi connectivity index (χ2v) is 7.92. The lowest BCUT2D eigenvalue weighted by Gasteiger charge is -2.20. The zero-order valence-corrected chi connectivity index (χ0v) is 17.8. The smallest absolute Gasteiger partial charge is 0.305 e. The molecule has 0 saturated carbocycles. The van der Waals surface area contributed by atoms with Crippen LogP contribution < -0.4 is 0 Å². The molecule has 0 radical (unpaired) electrons. The second-order valence-electron chi connectivity index (χ2n) is 7.92. The summed E-state index contributed by atoms with van der Waals surface area (Å²) in [7, 11) is 0. The lowest BCUT2D eigenvalue weighted by atomic mass is 10.1. The van der Waals surface area contributed by atoms with E-state index in [-0.39, 0.29) is 12.6 Å². The molecule has 0 bridgehead atoms. The minimum absolute atomic E-state index is 0.106. The van der Waals surface area contributed by atoms with E-state index in [1.165, 1.54) is 51.4 Å². The minimum Gasteiger partial charge on any atom is -0.463 e. The lowest BCUT2D eigenvalue weighted by Crippen LogP contribution is -2.38. The third-order valence-electron chi connectivity index (χ3n) is 5.29. The van der Waals surface area contributed by atoms with Gasteiger partial charge in [0.15, 0.2) is 0 Å². The first kappa shape index (κ1) is 25.1. The maximum atomic E-state index is 11.7. The number of hydrogen-bond acceptors (Lipinski definition) is 5. The minimum atomic E-state index is -0.953. The molecule has 5 heteroatoms. The van der Waals surface area contributed by atoms with E-state index in [4.69, 9.17) is 9.47 Å². The molecule has 1 fully saturated rings. The molecule has 1 saturated heterocycles. The van der Waals surface area contributed by atoms with Crippen molar-refractivity contribution in [3.63, 3.8) is 0 Å². The van der Waals surface area contributed by atoms with Gasteiger partial charge in [0.25, 0.3) is 0 Å². The molecular weight excluding hydrogens is 356 g/mol. The van der Waals surface area contributed by atoms with Gasteiger partial charge in [0.05, 0.1) is 6.10 Å². The average molecular weight is 399 g/mol. The molecule has 1 rings (SSSR count). The third kappa shape index (κ3) is 12.5. The van der Waals surface area contributed by atoms with Gasteiger partial charge in [-0.2, -0.15) is 0 Å². The molecule has 0 aliphatic carbocycles. The van der Waals surface area contributed by atoms with E-state index >= 15 is 0 Å². The zero-order valence-electron chi connectivity index (χ0n) is 17.8. The molecule has 5 nitrogen and oxygen atoms in total. The van der Waals surface area contributed by atoms with Gasteiger partial charge in [0.1, 0.15) is 18.8 Å². The molecule has 0 aromatic heterocycles. The summed E-state index contributed by atoms with van der Waals surface area (Å²) < 4.78 is 10.3. The van der Waals surface area contributed by atoms with E-state index in [9.17, 15) is 15.0 Å². The SMILES string of the molecule is CCCCCCC/C=C/CCCCCCCC(=O)OCC(O)C1OCC[C@H]1O. The van der Waals surface area contributed by atoms with E-state index < -0.39 is 18.3 Å². The standard InChI is InChI=1S/C23H42O5/c1-2-3-4-5-6-7-8-9-10-11-12-13-14-15-16-22(26)28-19-21(25)23-20(24)17-18-27-23/h8-9,20-21,23-25H,2-7,10-19H2,1H3/b9-8+/t20-,21?,23?/m1/s1. The summed E-state index contributed by atoms with van der Waals surface area (Å²) in [5, 5.41) is 19.5. The number of esters is 1. The summed E-state index contributed by atoms with van der Waals surface area (Å²) in [5.74, 6) is -0.284. The number of allylic oxidation sites excluding steroid dienone is 2. The van der Waals surface area contributed by atoms with Crippen LogP contribution in [0, 0.1) is 0 Å². The fourth-order valence-corrected chi connectivity index (χ4v) is 3.48. The molecule has 1 aliphatic rings. The molecule has 0 aromatic rings. The Morgan fingerprint density at radius 3 is 2.25 bits per heavy atom. The number of hydrogen-bond donors (Lipinski definition) is 2. The number of carbonyl (C=O) groups is 1. The Morgan fingerprint density at radius 1 is 1.04 bits per heavy atom. The normalized spacial score (nSPS) is 20.7. The highest BCUT2D eigenvalue weighted by atomic mass is 16.6. The second kappa shape index (κ2) is 17.0. The predicted octanol–water partition coefficient (Wildman–Crippen LogP) is 4.69. The third-order valence-corrected chi connectivity index (χ3v) is 5.29. The van der Waals surface area contributed by atoms with E-state index in [1.54, 1.807) is 0 Å². The van der Waals surface area contributed by atoms with Crippen LogP contribution in [0.2, 0.25) is 0 Å². The molecule has 28 heavy (non-hydrogen) atoms. The first-order valence-electron chi connectivity index (χ1n) is 11.4. The number of aliphatic hydroxyl groups excluding tert-OH is 2. The molecular formula is C23H42O5. The van der Waals surface area contributed by atoms with Gasteiger partial charge in [-0.3, -0.25) is 4.79 Å². The van der Waals surface area contributed by atoms with Crippen LogP contribution in [0.25, 0.3) is 0 Å². The molecule has 0 aromatic carbocycles. The van der Waals surface area contributed by atoms with E-state index in [0.717, 1.165) is 25.7 Å². The Balaban J connectivity index is 1.85. The Kier molecular flexibility index (Phi) is 15.2. The Bertz CT molecular complexity index is 410. The van der Waals surface area contributed by atoms with Crippen LogP contribution in [0.4, 0.5) is 0 Å². The highest BCUT2D eigenvalue weighted by Crippen LogP contribution is 2.17. The summed E-state index contributed by atoms with van der Waals surface area (Å²) in [4.78, 5) is 11.7. The maximum Gasteiger partial charge on any atom is 0.305 e. The summed E-state index contributed by atoms with van der Waals surface area (Å²) >= 11 is 0. The first-order valence-corrected chi connectivity index (χ1v) is 11.4. The van der Waals surface area contributed by atoms with Crippen molar-refractivity contribution < 1.29 is 24.5 Å². The van der Waals surface area contributed by atoms with Crippen LogP contribution in [0.15, 0.2) is 12.2 Å². The number of aliphatic hydroxyl groups is 2. The zero-order chi connectivity index (χ0) is 20.5. The number of unbranched alkanes of at least 4 members (excludes halogenated alkanes) is 10. The van der Waals surface area contributed by atoms with Crippen molar-refractivity contribution >= 4 is 5.97 Å². The van der Waals surface area contributed by atoms with Crippen LogP contribution in [0.1, 0.15) is 96.8 Å². The van der Waals surface area contributed by atoms with E-state index in [1.807, 2.05) is 0 Å². The van der Waals surface area contributed by atoms with Gasteiger partial charge in [-0.25, -0.2) is 0 Å². The fourth-order valence-electron chi connectivity index (χ4n) is 3.48. The molecule has 2 N–H and O–H groups in total. The first-order chi connectivity index (χ1) is 13.6. The van der Waals surface area contributed by atoms with Gasteiger partial charge in [0.2, 0.25) is 0 Å². The molecule has 0 spiro atoms. The molecule has 1 heterocycles. The Morgan fingerprint density at radius 2 is 1.64 bits per heavy atom. The van der Waals surface area contributed by atoms with Gasteiger partial charge in [-0.1, -0.05) is 64.0 Å². The Hall–Kier alpha value is -0.910. The summed E-state index contributed by atoms with van der Waals surface area (Å²) in [5.41, 5.74) is 0. The van der Waals surface area contributed by atoms with Gasteiger partial charge in [-0.05, 0) is 38.5 Å². The number of ether oxygens (including phenoxy) is 2. The molecule has 2 unspecified atom stereocenters. The van der Waals surface area contributed by atoms with Crippen LogP contribution in [-0.4, -0.2) is 47.7 Å². The van der Waals surface area contributed by atoms with Crippen molar-refractivity contribution in [1.29, 1.82) is 0 Å². The highest BCUT2D eigenvalue weighted by Gasteiger charge is 2.33. The van der Waals surface area contributed by atoms with Gasteiger partial charge < -0.3 is 19.7 Å². The van der Waals surface area contributed by atoms with Crippen molar-refractivity contribution in [1.82, 2.24) is 0 Å². The molecule has 1 aliphatic heterocycles. The quantitative estimate of drug-likeness (QED) is 0.211. The van der Waals surface area contributed by atoms with Crippen molar-refractivity contribution in [3.05, 3.63) is 12.2 Å². The van der Waals surface area contributed by atoms with Crippen LogP contribution in [-0.2, 0) is 14.3 Å².